The maximum atomic E-state index is 7.04. The van der Waals surface area contributed by atoms with E-state index >= 15 is 0 Å². The van der Waals surface area contributed by atoms with Crippen LogP contribution in [-0.2, 0) is 0 Å². The van der Waals surface area contributed by atoms with Gasteiger partial charge in [0.25, 0.3) is 0 Å². The lowest BCUT2D eigenvalue weighted by atomic mass is 9.90. The number of benzene rings is 9. The first kappa shape index (κ1) is 33.1. The van der Waals surface area contributed by atoms with Crippen LogP contribution < -0.4 is 10.6 Å². The van der Waals surface area contributed by atoms with Crippen molar-refractivity contribution in [2.24, 2.45) is 4.99 Å². The molecule has 2 heterocycles. The van der Waals surface area contributed by atoms with E-state index in [2.05, 4.69) is 205 Å². The van der Waals surface area contributed by atoms with Crippen molar-refractivity contribution in [2.45, 2.75) is 12.3 Å². The van der Waals surface area contributed by atoms with Crippen LogP contribution >= 0.6 is 0 Å². The summed E-state index contributed by atoms with van der Waals surface area (Å²) in [6.45, 7) is 0. The van der Waals surface area contributed by atoms with Gasteiger partial charge >= 0.3 is 0 Å². The second-order valence-electron chi connectivity index (χ2n) is 14.8. The molecule has 9 aromatic carbocycles. The first-order valence-electron chi connectivity index (χ1n) is 19.5. The van der Waals surface area contributed by atoms with Crippen LogP contribution in [0, 0.1) is 0 Å². The molecule has 0 saturated heterocycles. The number of fused-ring (bicyclic) bond motifs is 6. The van der Waals surface area contributed by atoms with E-state index in [1.807, 2.05) is 6.07 Å². The number of para-hydroxylation sites is 1. The summed E-state index contributed by atoms with van der Waals surface area (Å²) in [6.07, 6.45) is -0.447. The number of aliphatic imine (C=N–C) groups is 1. The van der Waals surface area contributed by atoms with Gasteiger partial charge in [0.1, 0.15) is 29.3 Å². The average Bonchev–Trinajstić information content (AvgIpc) is 3.68. The lowest BCUT2D eigenvalue weighted by Gasteiger charge is -2.32. The van der Waals surface area contributed by atoms with Crippen molar-refractivity contribution in [2.75, 3.05) is 0 Å². The molecule has 10 aromatic rings. The van der Waals surface area contributed by atoms with Crippen molar-refractivity contribution in [3.8, 4) is 33.4 Å². The van der Waals surface area contributed by atoms with Crippen LogP contribution in [-0.4, -0.2) is 5.84 Å². The van der Waals surface area contributed by atoms with Gasteiger partial charge in [0.2, 0.25) is 0 Å². The average molecular weight is 732 g/mol. The van der Waals surface area contributed by atoms with Crippen molar-refractivity contribution < 1.29 is 4.42 Å². The molecule has 57 heavy (non-hydrogen) atoms. The molecule has 0 fully saturated rings. The fourth-order valence-corrected chi connectivity index (χ4v) is 8.52. The van der Waals surface area contributed by atoms with Gasteiger partial charge in [-0.15, -0.1) is 0 Å². The minimum atomic E-state index is -0.262. The Morgan fingerprint density at radius 1 is 0.421 bits per heavy atom. The summed E-state index contributed by atoms with van der Waals surface area (Å²) in [5.41, 5.74) is 11.8. The molecule has 0 aliphatic carbocycles. The van der Waals surface area contributed by atoms with Gasteiger partial charge in [-0.2, -0.15) is 0 Å². The van der Waals surface area contributed by atoms with Gasteiger partial charge in [0, 0.05) is 10.8 Å². The number of amidine groups is 1. The van der Waals surface area contributed by atoms with Gasteiger partial charge in [-0.3, -0.25) is 5.32 Å². The molecule has 2 atom stereocenters. The minimum absolute atomic E-state index is 0.185. The minimum Gasteiger partial charge on any atom is -0.455 e. The molecule has 0 radical (unpaired) electrons. The molecule has 2 unspecified atom stereocenters. The van der Waals surface area contributed by atoms with Crippen LogP contribution in [0.25, 0.3) is 76.9 Å². The number of hydrogen-bond donors (Lipinski definition) is 2. The largest absolute Gasteiger partial charge is 0.455 e. The van der Waals surface area contributed by atoms with E-state index in [0.717, 1.165) is 61.0 Å². The lowest BCUT2D eigenvalue weighted by molar-refractivity contribution is 0.409. The molecular weight excluding hydrogens is 695 g/mol. The standard InChI is InChI=1S/C53H37N3O/c1-4-15-34(16-5-1)40-30-41(35-17-6-2-7-18-35)32-42(31-40)47-33-48-49(44-24-13-12-23-43(44)47)45-25-14-26-46(50(45)57-48)53-55-51(37-20-8-3-9-21-37)54-52(56-53)39-28-27-36-19-10-11-22-38(36)29-39/h1-33,51-52,54H,(H,55,56). The molecule has 4 nitrogen and oxygen atoms in total. The van der Waals surface area contributed by atoms with Crippen LogP contribution in [0.1, 0.15) is 29.0 Å². The number of rotatable bonds is 6. The fourth-order valence-electron chi connectivity index (χ4n) is 8.52. The monoisotopic (exact) mass is 731 g/mol. The van der Waals surface area contributed by atoms with Crippen molar-refractivity contribution in [1.82, 2.24) is 10.6 Å². The number of nitrogens with zero attached hydrogens (tertiary/aromatic N) is 1. The van der Waals surface area contributed by atoms with Crippen LogP contribution in [0.4, 0.5) is 0 Å². The summed E-state index contributed by atoms with van der Waals surface area (Å²) in [5, 5.41) is 14.5. The third kappa shape index (κ3) is 5.95. The van der Waals surface area contributed by atoms with Gasteiger partial charge < -0.3 is 9.73 Å². The zero-order chi connectivity index (χ0) is 37.7. The first-order chi connectivity index (χ1) is 28.2. The molecule has 1 aromatic heterocycles. The Morgan fingerprint density at radius 3 is 1.77 bits per heavy atom. The molecule has 0 spiro atoms. The van der Waals surface area contributed by atoms with E-state index < -0.39 is 0 Å². The van der Waals surface area contributed by atoms with Crippen LogP contribution in [0.5, 0.6) is 0 Å². The predicted molar refractivity (Wildman–Crippen MR) is 236 cm³/mol. The maximum Gasteiger partial charge on any atom is 0.146 e. The number of hydrogen-bond acceptors (Lipinski definition) is 4. The zero-order valence-electron chi connectivity index (χ0n) is 31.1. The number of furan rings is 1. The topological polar surface area (TPSA) is 49.6 Å². The maximum absolute atomic E-state index is 7.04. The second-order valence-corrected chi connectivity index (χ2v) is 14.8. The van der Waals surface area contributed by atoms with Crippen LogP contribution in [0.3, 0.4) is 0 Å². The Morgan fingerprint density at radius 2 is 1.04 bits per heavy atom. The van der Waals surface area contributed by atoms with Gasteiger partial charge in [0.15, 0.2) is 0 Å². The Labute approximate surface area is 330 Å². The summed E-state index contributed by atoms with van der Waals surface area (Å²) in [6, 6.07) is 71.2. The first-order valence-corrected chi connectivity index (χ1v) is 19.5. The van der Waals surface area contributed by atoms with Gasteiger partial charge in [-0.1, -0.05) is 164 Å². The molecule has 11 rings (SSSR count). The molecule has 2 N–H and O–H groups in total. The van der Waals surface area contributed by atoms with Gasteiger partial charge in [-0.05, 0) is 102 Å². The highest BCUT2D eigenvalue weighted by Gasteiger charge is 2.28. The highest BCUT2D eigenvalue weighted by molar-refractivity contribution is 6.24. The molecule has 0 saturated carbocycles. The molecule has 0 amide bonds. The summed E-state index contributed by atoms with van der Waals surface area (Å²) in [4.78, 5) is 5.32. The van der Waals surface area contributed by atoms with E-state index in [9.17, 15) is 0 Å². The molecule has 4 heteroatoms. The Kier molecular flexibility index (Phi) is 8.01. The SMILES string of the molecule is c1ccc(-c2cc(-c3ccccc3)cc(-c3cc4oc5c(C6=NC(c7ccccc7)NC(c7ccc8ccccc8c7)N6)cccc5c4c4ccccc34)c2)cc1. The van der Waals surface area contributed by atoms with Crippen molar-refractivity contribution >= 4 is 49.3 Å². The molecule has 0 bridgehead atoms. The van der Waals surface area contributed by atoms with Crippen LogP contribution in [0.15, 0.2) is 210 Å². The normalized spacial score (nSPS) is 15.5. The summed E-state index contributed by atoms with van der Waals surface area (Å²) < 4.78 is 7.04. The van der Waals surface area contributed by atoms with Gasteiger partial charge in [0.05, 0.1) is 5.56 Å². The van der Waals surface area contributed by atoms with E-state index in [1.165, 1.54) is 38.4 Å². The quantitative estimate of drug-likeness (QED) is 0.179. The van der Waals surface area contributed by atoms with E-state index in [0.29, 0.717) is 0 Å². The highest BCUT2D eigenvalue weighted by atomic mass is 16.3. The Balaban J connectivity index is 1.09. The Hall–Kier alpha value is -7.27. The molecule has 1 aliphatic heterocycles. The van der Waals surface area contributed by atoms with Gasteiger partial charge in [-0.25, -0.2) is 4.99 Å². The Bertz CT molecular complexity index is 3070. The van der Waals surface area contributed by atoms with Crippen molar-refractivity contribution in [3.05, 3.63) is 217 Å². The smallest absolute Gasteiger partial charge is 0.146 e. The molecule has 1 aliphatic rings. The van der Waals surface area contributed by atoms with E-state index in [4.69, 9.17) is 9.41 Å². The van der Waals surface area contributed by atoms with E-state index in [-0.39, 0.29) is 12.3 Å². The fraction of sp³-hybridized carbons (Fsp3) is 0.0377. The van der Waals surface area contributed by atoms with Crippen molar-refractivity contribution in [3.63, 3.8) is 0 Å². The predicted octanol–water partition coefficient (Wildman–Crippen LogP) is 13.2. The molecule has 270 valence electrons. The summed E-state index contributed by atoms with van der Waals surface area (Å²) >= 11 is 0. The zero-order valence-corrected chi connectivity index (χ0v) is 31.1. The third-order valence-electron chi connectivity index (χ3n) is 11.3. The number of nitrogens with one attached hydrogen (secondary N) is 2. The summed E-state index contributed by atoms with van der Waals surface area (Å²) in [5.74, 6) is 0.790. The van der Waals surface area contributed by atoms with Crippen molar-refractivity contribution in [1.29, 1.82) is 0 Å². The van der Waals surface area contributed by atoms with E-state index in [1.54, 1.807) is 0 Å². The molecular formula is C53H37N3O. The third-order valence-corrected chi connectivity index (χ3v) is 11.3. The second kappa shape index (κ2) is 13.8. The summed E-state index contributed by atoms with van der Waals surface area (Å²) in [7, 11) is 0. The van der Waals surface area contributed by atoms with Crippen LogP contribution in [0.2, 0.25) is 0 Å². The highest BCUT2D eigenvalue weighted by Crippen LogP contribution is 2.43. The lowest BCUT2D eigenvalue weighted by Crippen LogP contribution is -2.45.